The van der Waals surface area contributed by atoms with Gasteiger partial charge in [-0.05, 0) is 61.6 Å². The van der Waals surface area contributed by atoms with Crippen molar-refractivity contribution in [1.82, 2.24) is 0 Å². The Labute approximate surface area is 127 Å². The number of nitrogens with two attached hydrogens (primary N) is 1. The largest absolute Gasteiger partial charge is 0.495 e. The molecule has 2 aromatic rings. The molecule has 0 saturated carbocycles. The monoisotopic (exact) mass is 284 g/mol. The van der Waals surface area contributed by atoms with E-state index in [1.165, 1.54) is 22.4 Å². The average molecular weight is 284 g/mol. The van der Waals surface area contributed by atoms with Gasteiger partial charge in [0.15, 0.2) is 0 Å². The Morgan fingerprint density at radius 1 is 1.10 bits per heavy atom. The molecule has 0 unspecified atom stereocenters. The van der Waals surface area contributed by atoms with Gasteiger partial charge >= 0.3 is 0 Å². The van der Waals surface area contributed by atoms with Crippen LogP contribution in [-0.4, -0.2) is 13.7 Å². The summed E-state index contributed by atoms with van der Waals surface area (Å²) in [6.07, 6.45) is 2.07. The first kappa shape index (κ1) is 15.2. The van der Waals surface area contributed by atoms with Gasteiger partial charge in [0.05, 0.1) is 12.8 Å². The number of rotatable bonds is 6. The van der Waals surface area contributed by atoms with Gasteiger partial charge in [-0.1, -0.05) is 18.2 Å². The number of hydrogen-bond acceptors (Lipinski definition) is 3. The zero-order chi connectivity index (χ0) is 15.2. The van der Waals surface area contributed by atoms with Gasteiger partial charge in [0, 0.05) is 12.2 Å². The van der Waals surface area contributed by atoms with Gasteiger partial charge in [-0.25, -0.2) is 0 Å². The second-order valence-corrected chi connectivity index (χ2v) is 5.43. The van der Waals surface area contributed by atoms with Crippen molar-refractivity contribution in [2.45, 2.75) is 26.7 Å². The summed E-state index contributed by atoms with van der Waals surface area (Å²) in [6.45, 7) is 5.20. The molecule has 3 nitrogen and oxygen atoms in total. The van der Waals surface area contributed by atoms with Gasteiger partial charge in [-0.15, -0.1) is 0 Å². The molecule has 0 saturated heterocycles. The number of ether oxygens (including phenoxy) is 1. The maximum absolute atomic E-state index is 5.92. The minimum Gasteiger partial charge on any atom is -0.495 e. The molecule has 0 spiro atoms. The van der Waals surface area contributed by atoms with Crippen LogP contribution in [-0.2, 0) is 6.42 Å². The molecule has 0 fully saturated rings. The summed E-state index contributed by atoms with van der Waals surface area (Å²) in [5.41, 5.74) is 11.7. The quantitative estimate of drug-likeness (QED) is 0.624. The number of aryl methyl sites for hydroxylation is 3. The van der Waals surface area contributed by atoms with Crippen LogP contribution in [0.3, 0.4) is 0 Å². The van der Waals surface area contributed by atoms with E-state index in [4.69, 9.17) is 10.5 Å². The lowest BCUT2D eigenvalue weighted by atomic mass is 10.1. The van der Waals surface area contributed by atoms with Crippen LogP contribution in [0.1, 0.15) is 23.1 Å². The molecule has 0 heterocycles. The lowest BCUT2D eigenvalue weighted by Gasteiger charge is -2.11. The molecule has 0 aliphatic carbocycles. The van der Waals surface area contributed by atoms with Crippen molar-refractivity contribution in [3.8, 4) is 5.75 Å². The number of nitrogens with one attached hydrogen (secondary N) is 1. The van der Waals surface area contributed by atoms with Crippen LogP contribution in [0.25, 0.3) is 0 Å². The van der Waals surface area contributed by atoms with Gasteiger partial charge in [0.25, 0.3) is 0 Å². The highest BCUT2D eigenvalue weighted by Gasteiger charge is 2.01. The fourth-order valence-electron chi connectivity index (χ4n) is 2.38. The number of methoxy groups -OCH3 is 1. The molecule has 2 aromatic carbocycles. The average Bonchev–Trinajstić information content (AvgIpc) is 2.47. The first-order chi connectivity index (χ1) is 10.1. The number of anilines is 2. The maximum Gasteiger partial charge on any atom is 0.141 e. The molecule has 0 aliphatic heterocycles. The molecule has 0 aromatic heterocycles. The predicted molar refractivity (Wildman–Crippen MR) is 90.1 cm³/mol. The van der Waals surface area contributed by atoms with Gasteiger partial charge in [0.1, 0.15) is 5.75 Å². The molecule has 3 N–H and O–H groups in total. The summed E-state index contributed by atoms with van der Waals surface area (Å²) in [4.78, 5) is 0. The third kappa shape index (κ3) is 4.15. The Hall–Kier alpha value is -2.16. The molecular weight excluding hydrogens is 260 g/mol. The summed E-state index contributed by atoms with van der Waals surface area (Å²) < 4.78 is 5.17. The van der Waals surface area contributed by atoms with Crippen LogP contribution in [0.2, 0.25) is 0 Å². The zero-order valence-corrected chi connectivity index (χ0v) is 13.1. The van der Waals surface area contributed by atoms with E-state index < -0.39 is 0 Å². The molecule has 0 amide bonds. The zero-order valence-electron chi connectivity index (χ0n) is 13.1. The summed E-state index contributed by atoms with van der Waals surface area (Å²) in [5.74, 6) is 0.743. The summed E-state index contributed by atoms with van der Waals surface area (Å²) >= 11 is 0. The van der Waals surface area contributed by atoms with Crippen molar-refractivity contribution in [2.75, 3.05) is 24.7 Å². The predicted octanol–water partition coefficient (Wildman–Crippen LogP) is 3.94. The minimum atomic E-state index is 0.706. The normalized spacial score (nSPS) is 10.4. The van der Waals surface area contributed by atoms with E-state index in [-0.39, 0.29) is 0 Å². The summed E-state index contributed by atoms with van der Waals surface area (Å²) in [5, 5.41) is 3.51. The Bertz CT molecular complexity index is 608. The molecule has 0 bridgehead atoms. The van der Waals surface area contributed by atoms with Crippen LogP contribution in [0, 0.1) is 13.8 Å². The molecule has 0 aliphatic rings. The lowest BCUT2D eigenvalue weighted by molar-refractivity contribution is 0.417. The van der Waals surface area contributed by atoms with Crippen LogP contribution in [0.4, 0.5) is 11.4 Å². The highest BCUT2D eigenvalue weighted by Crippen LogP contribution is 2.22. The van der Waals surface area contributed by atoms with Gasteiger partial charge in [-0.3, -0.25) is 0 Å². The summed E-state index contributed by atoms with van der Waals surface area (Å²) in [7, 11) is 1.64. The van der Waals surface area contributed by atoms with Crippen molar-refractivity contribution in [2.24, 2.45) is 0 Å². The second kappa shape index (κ2) is 7.02. The highest BCUT2D eigenvalue weighted by atomic mass is 16.5. The number of benzene rings is 2. The number of nitrogen functional groups attached to an aromatic ring is 1. The Balaban J connectivity index is 1.84. The second-order valence-electron chi connectivity index (χ2n) is 5.43. The van der Waals surface area contributed by atoms with E-state index in [2.05, 4.69) is 43.4 Å². The van der Waals surface area contributed by atoms with E-state index in [1.54, 1.807) is 7.11 Å². The van der Waals surface area contributed by atoms with E-state index in [0.717, 1.165) is 25.1 Å². The Morgan fingerprint density at radius 3 is 2.62 bits per heavy atom. The number of hydrogen-bond donors (Lipinski definition) is 2. The fraction of sp³-hybridized carbons (Fsp3) is 0.333. The minimum absolute atomic E-state index is 0.706. The van der Waals surface area contributed by atoms with Crippen LogP contribution in [0.15, 0.2) is 36.4 Å². The van der Waals surface area contributed by atoms with Gasteiger partial charge in [0.2, 0.25) is 0 Å². The van der Waals surface area contributed by atoms with Crippen LogP contribution in [0.5, 0.6) is 5.75 Å². The molecule has 21 heavy (non-hydrogen) atoms. The topological polar surface area (TPSA) is 47.3 Å². The van der Waals surface area contributed by atoms with E-state index >= 15 is 0 Å². The highest BCUT2D eigenvalue weighted by molar-refractivity contribution is 5.54. The standard InChI is InChI=1S/C18H24N2O/c1-13-6-7-14(2)17(11-13)20-10-4-5-15-8-9-18(21-3)16(19)12-15/h6-9,11-12,20H,4-5,10,19H2,1-3H3. The Kier molecular flexibility index (Phi) is 5.09. The smallest absolute Gasteiger partial charge is 0.141 e. The maximum atomic E-state index is 5.92. The van der Waals surface area contributed by atoms with E-state index in [1.807, 2.05) is 12.1 Å². The molecule has 0 radical (unpaired) electrons. The van der Waals surface area contributed by atoms with Crippen molar-refractivity contribution < 1.29 is 4.74 Å². The van der Waals surface area contributed by atoms with Crippen LogP contribution >= 0.6 is 0 Å². The molecule has 2 rings (SSSR count). The fourth-order valence-corrected chi connectivity index (χ4v) is 2.38. The first-order valence-electron chi connectivity index (χ1n) is 7.33. The first-order valence-corrected chi connectivity index (χ1v) is 7.33. The Morgan fingerprint density at radius 2 is 1.90 bits per heavy atom. The van der Waals surface area contributed by atoms with Crippen molar-refractivity contribution in [1.29, 1.82) is 0 Å². The van der Waals surface area contributed by atoms with Crippen molar-refractivity contribution in [3.63, 3.8) is 0 Å². The molecule has 112 valence electrons. The molecular formula is C18H24N2O. The summed E-state index contributed by atoms with van der Waals surface area (Å²) in [6, 6.07) is 12.5. The van der Waals surface area contributed by atoms with Crippen molar-refractivity contribution in [3.05, 3.63) is 53.1 Å². The van der Waals surface area contributed by atoms with Gasteiger partial charge < -0.3 is 15.8 Å². The third-order valence-corrected chi connectivity index (χ3v) is 3.64. The van der Waals surface area contributed by atoms with Crippen molar-refractivity contribution >= 4 is 11.4 Å². The molecule has 0 atom stereocenters. The lowest BCUT2D eigenvalue weighted by Crippen LogP contribution is -2.05. The van der Waals surface area contributed by atoms with E-state index in [9.17, 15) is 0 Å². The van der Waals surface area contributed by atoms with E-state index in [0.29, 0.717) is 5.69 Å². The molecule has 3 heteroatoms. The third-order valence-electron chi connectivity index (χ3n) is 3.64. The van der Waals surface area contributed by atoms with Crippen LogP contribution < -0.4 is 15.8 Å². The SMILES string of the molecule is COc1ccc(CCCNc2cc(C)ccc2C)cc1N. The van der Waals surface area contributed by atoms with Gasteiger partial charge in [-0.2, -0.15) is 0 Å².